The van der Waals surface area contributed by atoms with E-state index in [1.165, 1.54) is 16.7 Å². The maximum absolute atomic E-state index is 11.6. The molecule has 0 aromatic heterocycles. The van der Waals surface area contributed by atoms with E-state index in [9.17, 15) is 4.21 Å². The molecule has 3 heteroatoms. The first-order chi connectivity index (χ1) is 7.04. The molecule has 2 nitrogen and oxygen atoms in total. The molecule has 1 unspecified atom stereocenters. The highest BCUT2D eigenvalue weighted by Crippen LogP contribution is 2.18. The summed E-state index contributed by atoms with van der Waals surface area (Å²) in [5.74, 6) is 0.922. The second kappa shape index (κ2) is 5.42. The standard InChI is InChI=1S/C12H18O2S/c1-9-6-10(2)12(11(3)7-9)8-15(14)5-4-13/h6-7,13H,4-5,8H2,1-3H3. The van der Waals surface area contributed by atoms with Gasteiger partial charge in [0.2, 0.25) is 0 Å². The summed E-state index contributed by atoms with van der Waals surface area (Å²) in [6.07, 6.45) is 0. The van der Waals surface area contributed by atoms with Crippen LogP contribution in [0.4, 0.5) is 0 Å². The molecule has 84 valence electrons. The Hall–Kier alpha value is -0.670. The molecule has 0 aliphatic heterocycles. The van der Waals surface area contributed by atoms with Gasteiger partial charge in [-0.25, -0.2) is 0 Å². The van der Waals surface area contributed by atoms with E-state index >= 15 is 0 Å². The summed E-state index contributed by atoms with van der Waals surface area (Å²) in [4.78, 5) is 0. The molecule has 0 aliphatic rings. The first-order valence-corrected chi connectivity index (χ1v) is 6.56. The van der Waals surface area contributed by atoms with Crippen LogP contribution in [0, 0.1) is 20.8 Å². The van der Waals surface area contributed by atoms with Crippen molar-refractivity contribution in [3.63, 3.8) is 0 Å². The zero-order valence-corrected chi connectivity index (χ0v) is 10.4. The van der Waals surface area contributed by atoms with E-state index in [1.54, 1.807) is 0 Å². The van der Waals surface area contributed by atoms with Crippen molar-refractivity contribution in [3.8, 4) is 0 Å². The molecule has 0 saturated heterocycles. The SMILES string of the molecule is Cc1cc(C)c(CS(=O)CCO)c(C)c1. The van der Waals surface area contributed by atoms with Crippen molar-refractivity contribution in [2.75, 3.05) is 12.4 Å². The van der Waals surface area contributed by atoms with Crippen molar-refractivity contribution in [3.05, 3.63) is 34.4 Å². The van der Waals surface area contributed by atoms with Crippen LogP contribution in [0.1, 0.15) is 22.3 Å². The third kappa shape index (κ3) is 3.43. The van der Waals surface area contributed by atoms with E-state index in [1.807, 2.05) is 13.8 Å². The lowest BCUT2D eigenvalue weighted by molar-refractivity contribution is 0.321. The molecule has 0 heterocycles. The van der Waals surface area contributed by atoms with Gasteiger partial charge in [-0.1, -0.05) is 17.7 Å². The quantitative estimate of drug-likeness (QED) is 0.850. The molecule has 0 radical (unpaired) electrons. The Kier molecular flexibility index (Phi) is 4.48. The number of rotatable bonds is 4. The van der Waals surface area contributed by atoms with Crippen molar-refractivity contribution < 1.29 is 9.32 Å². The Morgan fingerprint density at radius 1 is 1.20 bits per heavy atom. The normalized spacial score (nSPS) is 12.8. The highest BCUT2D eigenvalue weighted by molar-refractivity contribution is 7.84. The minimum Gasteiger partial charge on any atom is -0.395 e. The lowest BCUT2D eigenvalue weighted by Crippen LogP contribution is -2.07. The van der Waals surface area contributed by atoms with Gasteiger partial charge in [-0.15, -0.1) is 0 Å². The minimum atomic E-state index is -0.948. The van der Waals surface area contributed by atoms with Gasteiger partial charge < -0.3 is 5.11 Å². The van der Waals surface area contributed by atoms with Gasteiger partial charge >= 0.3 is 0 Å². The molecule has 1 aromatic carbocycles. The first-order valence-electron chi connectivity index (χ1n) is 5.07. The van der Waals surface area contributed by atoms with Crippen molar-refractivity contribution in [2.45, 2.75) is 26.5 Å². The number of aryl methyl sites for hydroxylation is 3. The molecule has 1 atom stereocenters. The molecule has 1 aromatic rings. The minimum absolute atomic E-state index is 0.00341. The average Bonchev–Trinajstić information content (AvgIpc) is 2.11. The predicted octanol–water partition coefficient (Wildman–Crippen LogP) is 1.85. The van der Waals surface area contributed by atoms with Crippen LogP contribution < -0.4 is 0 Å². The van der Waals surface area contributed by atoms with Gasteiger partial charge in [0.15, 0.2) is 0 Å². The van der Waals surface area contributed by atoms with E-state index in [0.29, 0.717) is 11.5 Å². The maximum atomic E-state index is 11.6. The van der Waals surface area contributed by atoms with Crippen LogP contribution in [0.3, 0.4) is 0 Å². The smallest absolute Gasteiger partial charge is 0.0546 e. The van der Waals surface area contributed by atoms with Gasteiger partial charge in [0.1, 0.15) is 0 Å². The topological polar surface area (TPSA) is 37.3 Å². The lowest BCUT2D eigenvalue weighted by atomic mass is 10.0. The fraction of sp³-hybridized carbons (Fsp3) is 0.500. The second-order valence-electron chi connectivity index (χ2n) is 3.89. The molecule has 0 saturated carbocycles. The highest BCUT2D eigenvalue weighted by atomic mass is 32.2. The van der Waals surface area contributed by atoms with E-state index in [-0.39, 0.29) is 6.61 Å². The zero-order valence-electron chi connectivity index (χ0n) is 9.54. The van der Waals surface area contributed by atoms with Crippen molar-refractivity contribution in [1.82, 2.24) is 0 Å². The molecule has 0 spiro atoms. The summed E-state index contributed by atoms with van der Waals surface area (Å²) < 4.78 is 11.6. The van der Waals surface area contributed by atoms with Crippen molar-refractivity contribution in [1.29, 1.82) is 0 Å². The summed E-state index contributed by atoms with van der Waals surface area (Å²) in [5, 5.41) is 8.70. The Morgan fingerprint density at radius 3 is 2.20 bits per heavy atom. The molecular weight excluding hydrogens is 208 g/mol. The van der Waals surface area contributed by atoms with Crippen molar-refractivity contribution in [2.24, 2.45) is 0 Å². The van der Waals surface area contributed by atoms with E-state index in [2.05, 4.69) is 19.1 Å². The van der Waals surface area contributed by atoms with E-state index < -0.39 is 10.8 Å². The summed E-state index contributed by atoms with van der Waals surface area (Å²) in [6, 6.07) is 4.22. The summed E-state index contributed by atoms with van der Waals surface area (Å²) in [7, 11) is -0.948. The third-order valence-electron chi connectivity index (χ3n) is 2.46. The van der Waals surface area contributed by atoms with E-state index in [0.717, 1.165) is 5.56 Å². The van der Waals surface area contributed by atoms with Crippen LogP contribution in [0.5, 0.6) is 0 Å². The number of benzene rings is 1. The zero-order chi connectivity index (χ0) is 11.4. The summed E-state index contributed by atoms with van der Waals surface area (Å²) in [5.41, 5.74) is 4.78. The number of aliphatic hydroxyl groups excluding tert-OH is 1. The number of hydrogen-bond acceptors (Lipinski definition) is 2. The highest BCUT2D eigenvalue weighted by Gasteiger charge is 2.07. The van der Waals surface area contributed by atoms with E-state index in [4.69, 9.17) is 5.11 Å². The van der Waals surface area contributed by atoms with Crippen LogP contribution in [0.25, 0.3) is 0 Å². The van der Waals surface area contributed by atoms with Crippen molar-refractivity contribution >= 4 is 10.8 Å². The largest absolute Gasteiger partial charge is 0.395 e. The number of aliphatic hydroxyl groups is 1. The second-order valence-corrected chi connectivity index (χ2v) is 5.47. The number of hydrogen-bond donors (Lipinski definition) is 1. The fourth-order valence-corrected chi connectivity index (χ4v) is 2.90. The van der Waals surface area contributed by atoms with Crippen LogP contribution in [0.2, 0.25) is 0 Å². The van der Waals surface area contributed by atoms with Crippen LogP contribution in [-0.2, 0) is 16.6 Å². The first kappa shape index (κ1) is 12.4. The van der Waals surface area contributed by atoms with Gasteiger partial charge in [0.25, 0.3) is 0 Å². The molecule has 1 rings (SSSR count). The molecule has 0 amide bonds. The Balaban J connectivity index is 2.90. The Labute approximate surface area is 93.8 Å². The maximum Gasteiger partial charge on any atom is 0.0546 e. The van der Waals surface area contributed by atoms with Crippen LogP contribution in [-0.4, -0.2) is 21.7 Å². The summed E-state index contributed by atoms with van der Waals surface area (Å²) >= 11 is 0. The molecule has 0 aliphatic carbocycles. The molecule has 15 heavy (non-hydrogen) atoms. The monoisotopic (exact) mass is 226 g/mol. The molecule has 0 bridgehead atoms. The lowest BCUT2D eigenvalue weighted by Gasteiger charge is -2.10. The average molecular weight is 226 g/mol. The predicted molar refractivity (Wildman–Crippen MR) is 64.5 cm³/mol. The molecular formula is C12H18O2S. The Bertz CT molecular complexity index is 349. The van der Waals surface area contributed by atoms with Gasteiger partial charge in [0.05, 0.1) is 6.61 Å². The molecule has 1 N–H and O–H groups in total. The van der Waals surface area contributed by atoms with Crippen LogP contribution in [0.15, 0.2) is 12.1 Å². The van der Waals surface area contributed by atoms with Crippen LogP contribution >= 0.6 is 0 Å². The van der Waals surface area contributed by atoms with Gasteiger partial charge in [-0.3, -0.25) is 4.21 Å². The summed E-state index contributed by atoms with van der Waals surface area (Å²) in [6.45, 7) is 6.15. The van der Waals surface area contributed by atoms with Gasteiger partial charge in [0, 0.05) is 22.3 Å². The Morgan fingerprint density at radius 2 is 1.73 bits per heavy atom. The van der Waals surface area contributed by atoms with Gasteiger partial charge in [-0.05, 0) is 37.5 Å². The fourth-order valence-electron chi connectivity index (χ4n) is 1.77. The van der Waals surface area contributed by atoms with Gasteiger partial charge in [-0.2, -0.15) is 0 Å². The molecule has 0 fully saturated rings. The third-order valence-corrected chi connectivity index (χ3v) is 3.71.